The molecule has 0 aliphatic heterocycles. The fourth-order valence-corrected chi connectivity index (χ4v) is 3.48. The van der Waals surface area contributed by atoms with Crippen molar-refractivity contribution in [2.24, 2.45) is 0 Å². The van der Waals surface area contributed by atoms with Gasteiger partial charge in [0.25, 0.3) is 0 Å². The highest BCUT2D eigenvalue weighted by atomic mass is 32.2. The van der Waals surface area contributed by atoms with Crippen LogP contribution in [0.3, 0.4) is 0 Å². The molecule has 1 aromatic carbocycles. The van der Waals surface area contributed by atoms with E-state index < -0.39 is 10.0 Å². The van der Waals surface area contributed by atoms with Gasteiger partial charge in [-0.3, -0.25) is 4.79 Å². The molecule has 1 aliphatic rings. The predicted molar refractivity (Wildman–Crippen MR) is 89.7 cm³/mol. The van der Waals surface area contributed by atoms with Crippen molar-refractivity contribution < 1.29 is 13.2 Å². The summed E-state index contributed by atoms with van der Waals surface area (Å²) in [5.41, 5.74) is 0.964. The molecule has 2 N–H and O–H groups in total. The number of benzene rings is 1. The first-order valence-electron chi connectivity index (χ1n) is 7.92. The second-order valence-electron chi connectivity index (χ2n) is 5.96. The number of hydrogen-bond acceptors (Lipinski definition) is 4. The van der Waals surface area contributed by atoms with Crippen LogP contribution in [0, 0.1) is 0 Å². The summed E-state index contributed by atoms with van der Waals surface area (Å²) < 4.78 is 26.8. The topological polar surface area (TPSA) is 78.5 Å². The van der Waals surface area contributed by atoms with E-state index in [9.17, 15) is 13.2 Å². The van der Waals surface area contributed by atoms with Gasteiger partial charge in [-0.1, -0.05) is 12.1 Å². The van der Waals surface area contributed by atoms with Gasteiger partial charge in [-0.25, -0.2) is 13.1 Å². The zero-order chi connectivity index (χ0) is 16.9. The first-order valence-corrected chi connectivity index (χ1v) is 9.40. The number of carbonyl (C=O) groups is 1. The standard InChI is InChI=1S/C16H25N3O3S/c1-17-11-12-19(2)16(20)10-5-13-3-8-15(9-4-13)23(21,22)18-14-6-7-14/h3-4,8-9,14,17-18H,5-7,10-12H2,1-2H3. The van der Waals surface area contributed by atoms with Crippen molar-refractivity contribution >= 4 is 15.9 Å². The number of likely N-dealkylation sites (N-methyl/N-ethyl adjacent to an activating group) is 2. The Morgan fingerprint density at radius 3 is 2.48 bits per heavy atom. The molecule has 7 heteroatoms. The van der Waals surface area contributed by atoms with Gasteiger partial charge in [-0.15, -0.1) is 0 Å². The summed E-state index contributed by atoms with van der Waals surface area (Å²) in [5, 5.41) is 3.01. The highest BCUT2D eigenvalue weighted by Gasteiger charge is 2.27. The number of nitrogens with zero attached hydrogens (tertiary/aromatic N) is 1. The van der Waals surface area contributed by atoms with Gasteiger partial charge in [0.2, 0.25) is 15.9 Å². The summed E-state index contributed by atoms with van der Waals surface area (Å²) in [5.74, 6) is 0.0901. The highest BCUT2D eigenvalue weighted by Crippen LogP contribution is 2.22. The zero-order valence-corrected chi connectivity index (χ0v) is 14.5. The van der Waals surface area contributed by atoms with E-state index in [0.29, 0.717) is 19.4 Å². The molecule has 1 aliphatic carbocycles. The second-order valence-corrected chi connectivity index (χ2v) is 7.67. The van der Waals surface area contributed by atoms with E-state index in [4.69, 9.17) is 0 Å². The van der Waals surface area contributed by atoms with Crippen molar-refractivity contribution in [2.75, 3.05) is 27.2 Å². The summed E-state index contributed by atoms with van der Waals surface area (Å²) in [6.07, 6.45) is 2.87. The van der Waals surface area contributed by atoms with Gasteiger partial charge in [0.05, 0.1) is 4.90 Å². The lowest BCUT2D eigenvalue weighted by Crippen LogP contribution is -2.32. The van der Waals surface area contributed by atoms with Crippen LogP contribution >= 0.6 is 0 Å². The molecule has 1 fully saturated rings. The van der Waals surface area contributed by atoms with Crippen LogP contribution in [0.1, 0.15) is 24.8 Å². The lowest BCUT2D eigenvalue weighted by Gasteiger charge is -2.16. The molecule has 0 saturated heterocycles. The fourth-order valence-electron chi connectivity index (χ4n) is 2.17. The van der Waals surface area contributed by atoms with Crippen molar-refractivity contribution in [3.05, 3.63) is 29.8 Å². The van der Waals surface area contributed by atoms with Crippen molar-refractivity contribution in [1.82, 2.24) is 14.9 Å². The van der Waals surface area contributed by atoms with Crippen LogP contribution in [-0.4, -0.2) is 52.5 Å². The molecule has 2 rings (SSSR count). The first kappa shape index (κ1) is 17.9. The summed E-state index contributed by atoms with van der Waals surface area (Å²) in [7, 11) is 0.243. The fraction of sp³-hybridized carbons (Fsp3) is 0.562. The van der Waals surface area contributed by atoms with Gasteiger partial charge in [-0.05, 0) is 44.0 Å². The van der Waals surface area contributed by atoms with Crippen molar-refractivity contribution in [2.45, 2.75) is 36.6 Å². The number of rotatable bonds is 9. The molecule has 0 atom stereocenters. The number of sulfonamides is 1. The quantitative estimate of drug-likeness (QED) is 0.695. The van der Waals surface area contributed by atoms with Crippen LogP contribution in [0.15, 0.2) is 29.2 Å². The van der Waals surface area contributed by atoms with E-state index in [1.807, 2.05) is 7.05 Å². The van der Waals surface area contributed by atoms with Gasteiger partial charge in [0, 0.05) is 32.6 Å². The third-order valence-corrected chi connectivity index (χ3v) is 5.42. The molecule has 0 radical (unpaired) electrons. The molecule has 1 amide bonds. The van der Waals surface area contributed by atoms with Crippen molar-refractivity contribution in [3.8, 4) is 0 Å². The Bertz CT molecular complexity index is 624. The first-order chi connectivity index (χ1) is 10.9. The normalized spacial score (nSPS) is 14.7. The molecule has 23 heavy (non-hydrogen) atoms. The number of nitrogens with one attached hydrogen (secondary N) is 2. The van der Waals surface area contributed by atoms with Crippen molar-refractivity contribution in [1.29, 1.82) is 0 Å². The molecule has 0 bridgehead atoms. The molecule has 0 unspecified atom stereocenters. The monoisotopic (exact) mass is 339 g/mol. The van der Waals surface area contributed by atoms with E-state index >= 15 is 0 Å². The molecule has 0 spiro atoms. The van der Waals surface area contributed by atoms with Crippen LogP contribution in [0.2, 0.25) is 0 Å². The minimum absolute atomic E-state index is 0.0901. The Hall–Kier alpha value is -1.44. The average Bonchev–Trinajstić information content (AvgIpc) is 3.33. The Balaban J connectivity index is 1.86. The molecule has 0 aromatic heterocycles. The molecular weight excluding hydrogens is 314 g/mol. The van der Waals surface area contributed by atoms with Gasteiger partial charge in [0.15, 0.2) is 0 Å². The van der Waals surface area contributed by atoms with Crippen molar-refractivity contribution in [3.63, 3.8) is 0 Å². The van der Waals surface area contributed by atoms with Crippen LogP contribution in [-0.2, 0) is 21.2 Å². The third-order valence-electron chi connectivity index (χ3n) is 3.88. The van der Waals surface area contributed by atoms with Crippen LogP contribution < -0.4 is 10.0 Å². The zero-order valence-electron chi connectivity index (χ0n) is 13.7. The van der Waals surface area contributed by atoms with E-state index in [1.54, 1.807) is 36.2 Å². The highest BCUT2D eigenvalue weighted by molar-refractivity contribution is 7.89. The summed E-state index contributed by atoms with van der Waals surface area (Å²) in [4.78, 5) is 14.0. The Morgan fingerprint density at radius 1 is 1.26 bits per heavy atom. The number of carbonyl (C=O) groups excluding carboxylic acids is 1. The number of amides is 1. The van der Waals surface area contributed by atoms with E-state index in [0.717, 1.165) is 24.9 Å². The molecule has 1 saturated carbocycles. The van der Waals surface area contributed by atoms with E-state index in [-0.39, 0.29) is 16.8 Å². The summed E-state index contributed by atoms with van der Waals surface area (Å²) in [6, 6.07) is 6.88. The summed E-state index contributed by atoms with van der Waals surface area (Å²) in [6.45, 7) is 1.45. The number of aryl methyl sites for hydroxylation is 1. The minimum Gasteiger partial charge on any atom is -0.344 e. The van der Waals surface area contributed by atoms with E-state index in [1.165, 1.54) is 0 Å². The molecule has 128 valence electrons. The maximum absolute atomic E-state index is 12.1. The summed E-state index contributed by atoms with van der Waals surface area (Å²) >= 11 is 0. The average molecular weight is 339 g/mol. The molecule has 1 aromatic rings. The largest absolute Gasteiger partial charge is 0.344 e. The minimum atomic E-state index is -3.40. The van der Waals surface area contributed by atoms with E-state index in [2.05, 4.69) is 10.0 Å². The van der Waals surface area contributed by atoms with Gasteiger partial charge in [-0.2, -0.15) is 0 Å². The molecule has 0 heterocycles. The Labute approximate surface area is 138 Å². The third kappa shape index (κ3) is 5.60. The smallest absolute Gasteiger partial charge is 0.240 e. The second kappa shape index (κ2) is 7.90. The van der Waals surface area contributed by atoms with Crippen LogP contribution in [0.5, 0.6) is 0 Å². The van der Waals surface area contributed by atoms with Crippen LogP contribution in [0.4, 0.5) is 0 Å². The molecule has 6 nitrogen and oxygen atoms in total. The number of hydrogen-bond donors (Lipinski definition) is 2. The lowest BCUT2D eigenvalue weighted by molar-refractivity contribution is -0.129. The van der Waals surface area contributed by atoms with Gasteiger partial charge < -0.3 is 10.2 Å². The van der Waals surface area contributed by atoms with Gasteiger partial charge in [0.1, 0.15) is 0 Å². The Kier molecular flexibility index (Phi) is 6.15. The van der Waals surface area contributed by atoms with Gasteiger partial charge >= 0.3 is 0 Å². The van der Waals surface area contributed by atoms with Crippen LogP contribution in [0.25, 0.3) is 0 Å². The Morgan fingerprint density at radius 2 is 1.91 bits per heavy atom. The maximum atomic E-state index is 12.1. The SMILES string of the molecule is CNCCN(C)C(=O)CCc1ccc(S(=O)(=O)NC2CC2)cc1. The predicted octanol–water partition coefficient (Wildman–Crippen LogP) is 0.738. The lowest BCUT2D eigenvalue weighted by atomic mass is 10.1. The molecular formula is C16H25N3O3S. The maximum Gasteiger partial charge on any atom is 0.240 e.